The quantitative estimate of drug-likeness (QED) is 0.573. The Bertz CT molecular complexity index is 206. The summed E-state index contributed by atoms with van der Waals surface area (Å²) in [6.45, 7) is 2.90. The van der Waals surface area contributed by atoms with Gasteiger partial charge >= 0.3 is 0 Å². The van der Waals surface area contributed by atoms with Gasteiger partial charge in [0.1, 0.15) is 0 Å². The molecule has 0 heterocycles. The van der Waals surface area contributed by atoms with Crippen LogP contribution in [0.2, 0.25) is 0 Å². The van der Waals surface area contributed by atoms with Crippen LogP contribution in [0.15, 0.2) is 0 Å². The molecule has 1 aliphatic rings. The number of ether oxygens (including phenoxy) is 2. The van der Waals surface area contributed by atoms with Crippen LogP contribution < -0.4 is 10.6 Å². The highest BCUT2D eigenvalue weighted by Crippen LogP contribution is 2.17. The van der Waals surface area contributed by atoms with E-state index in [1.165, 1.54) is 12.8 Å². The zero-order valence-corrected chi connectivity index (χ0v) is 10.7. The number of amides is 1. The smallest absolute Gasteiger partial charge is 0.234 e. The third-order valence-corrected chi connectivity index (χ3v) is 2.86. The highest BCUT2D eigenvalue weighted by molar-refractivity contribution is 5.78. The van der Waals surface area contributed by atoms with Gasteiger partial charge < -0.3 is 20.1 Å². The van der Waals surface area contributed by atoms with Crippen molar-refractivity contribution in [2.45, 2.75) is 31.7 Å². The van der Waals surface area contributed by atoms with Crippen LogP contribution in [0, 0.1) is 0 Å². The van der Waals surface area contributed by atoms with Gasteiger partial charge in [0.2, 0.25) is 5.91 Å². The number of hydrogen-bond acceptors (Lipinski definition) is 4. The first-order valence-corrected chi connectivity index (χ1v) is 6.39. The van der Waals surface area contributed by atoms with Crippen LogP contribution >= 0.6 is 0 Å². The average molecular weight is 244 g/mol. The molecule has 0 unspecified atom stereocenters. The van der Waals surface area contributed by atoms with Crippen LogP contribution in [-0.2, 0) is 14.3 Å². The number of methoxy groups -OCH3 is 1. The molecule has 0 spiro atoms. The normalized spacial score (nSPS) is 16.3. The molecule has 1 rings (SSSR count). The van der Waals surface area contributed by atoms with Crippen molar-refractivity contribution in [3.05, 3.63) is 0 Å². The van der Waals surface area contributed by atoms with Gasteiger partial charge in [-0.3, -0.25) is 4.79 Å². The minimum absolute atomic E-state index is 0.0915. The van der Waals surface area contributed by atoms with Crippen molar-refractivity contribution in [2.75, 3.05) is 40.0 Å². The maximum atomic E-state index is 11.5. The highest BCUT2D eigenvalue weighted by atomic mass is 16.5. The molecule has 1 saturated carbocycles. The lowest BCUT2D eigenvalue weighted by Gasteiger charge is -2.12. The minimum atomic E-state index is 0.0915. The molecule has 0 aromatic rings. The Labute approximate surface area is 103 Å². The number of carbonyl (C=O) groups is 1. The van der Waals surface area contributed by atoms with Gasteiger partial charge in [-0.25, -0.2) is 0 Å². The van der Waals surface area contributed by atoms with Crippen LogP contribution in [0.1, 0.15) is 25.7 Å². The highest BCUT2D eigenvalue weighted by Gasteiger charge is 2.16. The number of nitrogens with one attached hydrogen (secondary N) is 2. The van der Waals surface area contributed by atoms with E-state index in [4.69, 9.17) is 9.47 Å². The van der Waals surface area contributed by atoms with E-state index in [0.29, 0.717) is 39.0 Å². The summed E-state index contributed by atoms with van der Waals surface area (Å²) in [5.41, 5.74) is 0. The Morgan fingerprint density at radius 2 is 2.00 bits per heavy atom. The molecule has 5 heteroatoms. The summed E-state index contributed by atoms with van der Waals surface area (Å²) < 4.78 is 10.1. The number of carbonyl (C=O) groups excluding carboxylic acids is 1. The largest absolute Gasteiger partial charge is 0.382 e. The standard InChI is InChI=1S/C12H24N2O3/c1-16-8-9-17-7-6-13-10-12(15)14-11-4-2-3-5-11/h11,13H,2-10H2,1H3,(H,14,15). The van der Waals surface area contributed by atoms with Crippen molar-refractivity contribution in [2.24, 2.45) is 0 Å². The van der Waals surface area contributed by atoms with E-state index in [9.17, 15) is 4.79 Å². The summed E-state index contributed by atoms with van der Waals surface area (Å²) in [5.74, 6) is 0.0915. The number of rotatable bonds is 9. The van der Waals surface area contributed by atoms with Gasteiger partial charge in [-0.2, -0.15) is 0 Å². The summed E-state index contributed by atoms with van der Waals surface area (Å²) >= 11 is 0. The summed E-state index contributed by atoms with van der Waals surface area (Å²) in [4.78, 5) is 11.5. The second kappa shape index (κ2) is 9.39. The molecule has 1 aliphatic carbocycles. The van der Waals surface area contributed by atoms with Gasteiger partial charge in [-0.15, -0.1) is 0 Å². The van der Waals surface area contributed by atoms with E-state index >= 15 is 0 Å². The third kappa shape index (κ3) is 7.31. The van der Waals surface area contributed by atoms with Gasteiger partial charge in [0, 0.05) is 19.7 Å². The fraction of sp³-hybridized carbons (Fsp3) is 0.917. The fourth-order valence-corrected chi connectivity index (χ4v) is 1.94. The summed E-state index contributed by atoms with van der Waals surface area (Å²) in [6, 6.07) is 0.405. The van der Waals surface area contributed by atoms with Gasteiger partial charge in [0.05, 0.1) is 26.4 Å². The zero-order chi connectivity index (χ0) is 12.3. The fourth-order valence-electron chi connectivity index (χ4n) is 1.94. The molecule has 1 amide bonds. The monoisotopic (exact) mass is 244 g/mol. The molecule has 0 bridgehead atoms. The topological polar surface area (TPSA) is 59.6 Å². The molecule has 0 saturated heterocycles. The summed E-state index contributed by atoms with van der Waals surface area (Å²) in [6.07, 6.45) is 4.75. The molecule has 0 atom stereocenters. The molecule has 0 aliphatic heterocycles. The van der Waals surface area contributed by atoms with Gasteiger partial charge in [-0.05, 0) is 12.8 Å². The SMILES string of the molecule is COCCOCCNCC(=O)NC1CCCC1. The van der Waals surface area contributed by atoms with Crippen molar-refractivity contribution in [1.29, 1.82) is 0 Å². The molecule has 5 nitrogen and oxygen atoms in total. The lowest BCUT2D eigenvalue weighted by molar-refractivity contribution is -0.120. The van der Waals surface area contributed by atoms with E-state index in [-0.39, 0.29) is 5.91 Å². The molecule has 100 valence electrons. The Morgan fingerprint density at radius 1 is 1.24 bits per heavy atom. The second-order valence-electron chi connectivity index (χ2n) is 4.33. The maximum absolute atomic E-state index is 11.5. The van der Waals surface area contributed by atoms with E-state index in [1.54, 1.807) is 7.11 Å². The van der Waals surface area contributed by atoms with Crippen LogP contribution in [0.5, 0.6) is 0 Å². The minimum Gasteiger partial charge on any atom is -0.382 e. The van der Waals surface area contributed by atoms with E-state index in [2.05, 4.69) is 10.6 Å². The second-order valence-corrected chi connectivity index (χ2v) is 4.33. The van der Waals surface area contributed by atoms with Crippen LogP contribution in [0.3, 0.4) is 0 Å². The van der Waals surface area contributed by atoms with E-state index in [1.807, 2.05) is 0 Å². The van der Waals surface area contributed by atoms with Gasteiger partial charge in [0.15, 0.2) is 0 Å². The molecule has 1 fully saturated rings. The van der Waals surface area contributed by atoms with Crippen molar-refractivity contribution in [3.63, 3.8) is 0 Å². The predicted molar refractivity (Wildman–Crippen MR) is 66.0 cm³/mol. The molecule has 2 N–H and O–H groups in total. The van der Waals surface area contributed by atoms with Crippen molar-refractivity contribution < 1.29 is 14.3 Å². The summed E-state index contributed by atoms with van der Waals surface area (Å²) in [5, 5.41) is 6.09. The van der Waals surface area contributed by atoms with Crippen LogP contribution in [0.4, 0.5) is 0 Å². The van der Waals surface area contributed by atoms with Crippen molar-refractivity contribution in [1.82, 2.24) is 10.6 Å². The Hall–Kier alpha value is -0.650. The van der Waals surface area contributed by atoms with Gasteiger partial charge in [-0.1, -0.05) is 12.8 Å². The average Bonchev–Trinajstić information content (AvgIpc) is 2.80. The summed E-state index contributed by atoms with van der Waals surface area (Å²) in [7, 11) is 1.65. The Morgan fingerprint density at radius 3 is 2.71 bits per heavy atom. The Balaban J connectivity index is 1.86. The first kappa shape index (κ1) is 14.4. The Kier molecular flexibility index (Phi) is 7.96. The lowest BCUT2D eigenvalue weighted by Crippen LogP contribution is -2.39. The van der Waals surface area contributed by atoms with Gasteiger partial charge in [0.25, 0.3) is 0 Å². The maximum Gasteiger partial charge on any atom is 0.234 e. The molecular formula is C12H24N2O3. The van der Waals surface area contributed by atoms with Crippen LogP contribution in [-0.4, -0.2) is 52.0 Å². The molecular weight excluding hydrogens is 220 g/mol. The number of hydrogen-bond donors (Lipinski definition) is 2. The third-order valence-electron chi connectivity index (χ3n) is 2.86. The predicted octanol–water partition coefficient (Wildman–Crippen LogP) is 0.298. The first-order chi connectivity index (χ1) is 8.33. The van der Waals surface area contributed by atoms with E-state index in [0.717, 1.165) is 12.8 Å². The molecule has 17 heavy (non-hydrogen) atoms. The molecule has 0 radical (unpaired) electrons. The lowest BCUT2D eigenvalue weighted by atomic mass is 10.2. The molecule has 0 aromatic heterocycles. The van der Waals surface area contributed by atoms with Crippen LogP contribution in [0.25, 0.3) is 0 Å². The van der Waals surface area contributed by atoms with Crippen molar-refractivity contribution in [3.8, 4) is 0 Å². The molecule has 0 aromatic carbocycles. The zero-order valence-electron chi connectivity index (χ0n) is 10.7. The first-order valence-electron chi connectivity index (χ1n) is 6.39. The van der Waals surface area contributed by atoms with Crippen molar-refractivity contribution >= 4 is 5.91 Å². The van der Waals surface area contributed by atoms with E-state index < -0.39 is 0 Å².